The molecule has 20 heavy (non-hydrogen) atoms. The van der Waals surface area contributed by atoms with E-state index in [0.29, 0.717) is 0 Å². The molecule has 1 aromatic carbocycles. The van der Waals surface area contributed by atoms with Crippen LogP contribution in [0.2, 0.25) is 10.0 Å². The Kier molecular flexibility index (Phi) is 3.23. The molecule has 0 radical (unpaired) electrons. The van der Waals surface area contributed by atoms with Crippen molar-refractivity contribution in [1.82, 2.24) is 4.31 Å². The fraction of sp³-hybridized carbons (Fsp3) is 0.500. The molecule has 1 aromatic rings. The molecule has 0 spiro atoms. The number of nitrogens with two attached hydrogens (primary N) is 1. The van der Waals surface area contributed by atoms with Crippen molar-refractivity contribution < 1.29 is 13.5 Å². The zero-order valence-corrected chi connectivity index (χ0v) is 12.8. The number of sulfonamides is 1. The third-order valence-corrected chi connectivity index (χ3v) is 6.63. The van der Waals surface area contributed by atoms with Crippen LogP contribution in [0.3, 0.4) is 0 Å². The maximum Gasteiger partial charge on any atom is 0.244 e. The van der Waals surface area contributed by atoms with Gasteiger partial charge in [-0.25, -0.2) is 8.42 Å². The van der Waals surface area contributed by atoms with Crippen LogP contribution in [0, 0.1) is 5.92 Å². The third-order valence-electron chi connectivity index (χ3n) is 3.95. The number of halogens is 2. The Balaban J connectivity index is 1.88. The molecule has 0 unspecified atom stereocenters. The van der Waals surface area contributed by atoms with Gasteiger partial charge < -0.3 is 10.8 Å². The summed E-state index contributed by atoms with van der Waals surface area (Å²) >= 11 is 11.8. The molecule has 1 aliphatic heterocycles. The molecule has 1 aliphatic carbocycles. The lowest BCUT2D eigenvalue weighted by atomic mass is 9.91. The Morgan fingerprint density at radius 1 is 1.30 bits per heavy atom. The first kappa shape index (κ1) is 14.4. The number of benzene rings is 1. The number of anilines is 1. The van der Waals surface area contributed by atoms with Gasteiger partial charge in [0.25, 0.3) is 0 Å². The lowest BCUT2D eigenvalue weighted by Crippen LogP contribution is -2.64. The van der Waals surface area contributed by atoms with Crippen molar-refractivity contribution in [2.75, 3.05) is 18.8 Å². The molecule has 0 bridgehead atoms. The van der Waals surface area contributed by atoms with Gasteiger partial charge in [0, 0.05) is 13.1 Å². The molecule has 1 heterocycles. The van der Waals surface area contributed by atoms with Crippen LogP contribution in [-0.4, -0.2) is 36.5 Å². The van der Waals surface area contributed by atoms with E-state index < -0.39 is 15.6 Å². The van der Waals surface area contributed by atoms with Crippen molar-refractivity contribution in [1.29, 1.82) is 0 Å². The minimum atomic E-state index is -3.75. The van der Waals surface area contributed by atoms with Gasteiger partial charge in [0.15, 0.2) is 0 Å². The van der Waals surface area contributed by atoms with Gasteiger partial charge in [-0.15, -0.1) is 0 Å². The predicted octanol–water partition coefficient (Wildman–Crippen LogP) is 1.72. The Morgan fingerprint density at radius 2 is 1.90 bits per heavy atom. The minimum Gasteiger partial charge on any atom is -0.396 e. The summed E-state index contributed by atoms with van der Waals surface area (Å²) in [5.41, 5.74) is 4.83. The van der Waals surface area contributed by atoms with Crippen LogP contribution in [-0.2, 0) is 10.0 Å². The second-order valence-corrected chi connectivity index (χ2v) is 8.12. The Labute approximate surface area is 127 Å². The highest BCUT2D eigenvalue weighted by molar-refractivity contribution is 7.89. The standard InChI is InChI=1S/C12H14Cl2N2O3S/c13-8-3-4-9(10(14)11(8)15)20(18,19)16-5-12(17,6-16)7-1-2-7/h3-4,7,17H,1-2,5-6,15H2. The molecule has 5 nitrogen and oxygen atoms in total. The fourth-order valence-electron chi connectivity index (χ4n) is 2.50. The van der Waals surface area contributed by atoms with Crippen LogP contribution < -0.4 is 5.73 Å². The quantitative estimate of drug-likeness (QED) is 0.823. The monoisotopic (exact) mass is 336 g/mol. The molecule has 1 saturated carbocycles. The van der Waals surface area contributed by atoms with E-state index in [1.165, 1.54) is 16.4 Å². The van der Waals surface area contributed by atoms with Crippen molar-refractivity contribution >= 4 is 38.9 Å². The Bertz CT molecular complexity index is 668. The molecular formula is C12H14Cl2N2O3S. The predicted molar refractivity (Wildman–Crippen MR) is 77.3 cm³/mol. The van der Waals surface area contributed by atoms with E-state index in [1.54, 1.807) is 0 Å². The first-order chi connectivity index (χ1) is 9.25. The highest BCUT2D eigenvalue weighted by Crippen LogP contribution is 2.46. The summed E-state index contributed by atoms with van der Waals surface area (Å²) < 4.78 is 26.1. The molecule has 0 atom stereocenters. The molecule has 2 fully saturated rings. The van der Waals surface area contributed by atoms with Gasteiger partial charge >= 0.3 is 0 Å². The second-order valence-electron chi connectivity index (χ2n) is 5.42. The number of hydrogen-bond donors (Lipinski definition) is 2. The molecule has 0 amide bonds. The SMILES string of the molecule is Nc1c(Cl)ccc(S(=O)(=O)N2CC(O)(C3CC3)C2)c1Cl. The summed E-state index contributed by atoms with van der Waals surface area (Å²) in [4.78, 5) is -0.0705. The number of hydrogen-bond acceptors (Lipinski definition) is 4. The topological polar surface area (TPSA) is 83.6 Å². The Hall–Kier alpha value is -0.530. The lowest BCUT2D eigenvalue weighted by molar-refractivity contribution is -0.0764. The van der Waals surface area contributed by atoms with Gasteiger partial charge in [-0.3, -0.25) is 0 Å². The zero-order chi connectivity index (χ0) is 14.7. The maximum atomic E-state index is 12.5. The number of aliphatic hydroxyl groups is 1. The van der Waals surface area contributed by atoms with Gasteiger partial charge in [-0.05, 0) is 30.9 Å². The van der Waals surface area contributed by atoms with Gasteiger partial charge in [-0.2, -0.15) is 4.31 Å². The van der Waals surface area contributed by atoms with Crippen LogP contribution in [0.4, 0.5) is 5.69 Å². The van der Waals surface area contributed by atoms with E-state index >= 15 is 0 Å². The summed E-state index contributed by atoms with van der Waals surface area (Å²) in [7, 11) is -3.75. The van der Waals surface area contributed by atoms with Crippen molar-refractivity contribution in [2.24, 2.45) is 5.92 Å². The summed E-state index contributed by atoms with van der Waals surface area (Å²) in [6.45, 7) is 0.220. The van der Waals surface area contributed by atoms with Crippen molar-refractivity contribution in [2.45, 2.75) is 23.3 Å². The molecule has 3 rings (SSSR count). The maximum absolute atomic E-state index is 12.5. The summed E-state index contributed by atoms with van der Waals surface area (Å²) in [5.74, 6) is 0.222. The van der Waals surface area contributed by atoms with Crippen molar-refractivity contribution in [3.05, 3.63) is 22.2 Å². The van der Waals surface area contributed by atoms with Gasteiger partial charge in [-0.1, -0.05) is 23.2 Å². The molecule has 2 aliphatic rings. The first-order valence-corrected chi connectivity index (χ1v) is 8.41. The molecule has 110 valence electrons. The average Bonchev–Trinajstić information content (AvgIpc) is 3.16. The molecular weight excluding hydrogens is 323 g/mol. The minimum absolute atomic E-state index is 0.0485. The highest BCUT2D eigenvalue weighted by Gasteiger charge is 2.55. The normalized spacial score (nSPS) is 22.6. The average molecular weight is 337 g/mol. The molecule has 8 heteroatoms. The molecule has 1 saturated heterocycles. The van der Waals surface area contributed by atoms with E-state index in [9.17, 15) is 13.5 Å². The van der Waals surface area contributed by atoms with Crippen molar-refractivity contribution in [3.8, 4) is 0 Å². The lowest BCUT2D eigenvalue weighted by Gasteiger charge is -2.45. The van der Waals surface area contributed by atoms with Crippen LogP contribution in [0.1, 0.15) is 12.8 Å². The van der Waals surface area contributed by atoms with Gasteiger partial charge in [0.05, 0.1) is 21.3 Å². The van der Waals surface area contributed by atoms with E-state index in [0.717, 1.165) is 12.8 Å². The fourth-order valence-corrected chi connectivity index (χ4v) is 4.81. The second kappa shape index (κ2) is 4.48. The highest BCUT2D eigenvalue weighted by atomic mass is 35.5. The van der Waals surface area contributed by atoms with Crippen LogP contribution in [0.25, 0.3) is 0 Å². The van der Waals surface area contributed by atoms with E-state index in [2.05, 4.69) is 0 Å². The number of β-amino-alcohol motifs (C(OH)–C–C–N with tert-alkyl or cyclic N) is 1. The van der Waals surface area contributed by atoms with Crippen molar-refractivity contribution in [3.63, 3.8) is 0 Å². The summed E-state index contributed by atoms with van der Waals surface area (Å²) in [6.07, 6.45) is 1.91. The smallest absolute Gasteiger partial charge is 0.244 e. The van der Waals surface area contributed by atoms with E-state index in [1.807, 2.05) is 0 Å². The number of rotatable bonds is 3. The van der Waals surface area contributed by atoms with Gasteiger partial charge in [0.2, 0.25) is 10.0 Å². The van der Waals surface area contributed by atoms with Gasteiger partial charge in [0.1, 0.15) is 4.90 Å². The number of nitrogen functional groups attached to an aromatic ring is 1. The van der Waals surface area contributed by atoms with E-state index in [-0.39, 0.29) is 39.6 Å². The third kappa shape index (κ3) is 2.10. The summed E-state index contributed by atoms with van der Waals surface area (Å²) in [5, 5.41) is 10.4. The van der Waals surface area contributed by atoms with Crippen LogP contribution in [0.5, 0.6) is 0 Å². The van der Waals surface area contributed by atoms with Crippen LogP contribution >= 0.6 is 23.2 Å². The number of nitrogens with zero attached hydrogens (tertiary/aromatic N) is 1. The molecule has 0 aromatic heterocycles. The largest absolute Gasteiger partial charge is 0.396 e. The Morgan fingerprint density at radius 3 is 2.45 bits per heavy atom. The first-order valence-electron chi connectivity index (χ1n) is 6.22. The van der Waals surface area contributed by atoms with E-state index in [4.69, 9.17) is 28.9 Å². The molecule has 3 N–H and O–H groups in total. The van der Waals surface area contributed by atoms with Crippen LogP contribution in [0.15, 0.2) is 17.0 Å². The summed E-state index contributed by atoms with van der Waals surface area (Å²) in [6, 6.07) is 2.74. The zero-order valence-electron chi connectivity index (χ0n) is 10.5.